The largest absolute Gasteiger partial charge is 0.497 e. The molecule has 0 radical (unpaired) electrons. The van der Waals surface area contributed by atoms with Gasteiger partial charge >= 0.3 is 0 Å². The number of benzene rings is 1. The van der Waals surface area contributed by atoms with Gasteiger partial charge in [-0.05, 0) is 51.0 Å². The van der Waals surface area contributed by atoms with Crippen LogP contribution in [0.25, 0.3) is 11.0 Å². The first-order chi connectivity index (χ1) is 13.9. The van der Waals surface area contributed by atoms with Crippen molar-refractivity contribution in [1.29, 1.82) is 0 Å². The summed E-state index contributed by atoms with van der Waals surface area (Å²) in [4.78, 5) is 20.2. The molecule has 1 aliphatic heterocycles. The van der Waals surface area contributed by atoms with Crippen molar-refractivity contribution >= 4 is 16.9 Å². The van der Waals surface area contributed by atoms with Gasteiger partial charge in [0.05, 0.1) is 36.9 Å². The zero-order valence-electron chi connectivity index (χ0n) is 17.5. The lowest BCUT2D eigenvalue weighted by atomic mass is 10.0. The fourth-order valence-electron chi connectivity index (χ4n) is 4.33. The maximum Gasteiger partial charge on any atom is 0.255 e. The third kappa shape index (κ3) is 3.20. The molecule has 3 heterocycles. The van der Waals surface area contributed by atoms with Gasteiger partial charge in [0, 0.05) is 24.8 Å². The van der Waals surface area contributed by atoms with Crippen LogP contribution in [0, 0.1) is 13.8 Å². The summed E-state index contributed by atoms with van der Waals surface area (Å²) < 4.78 is 12.7. The highest BCUT2D eigenvalue weighted by atomic mass is 16.5. The van der Waals surface area contributed by atoms with E-state index in [1.165, 1.54) is 0 Å². The van der Waals surface area contributed by atoms with Crippen molar-refractivity contribution in [3.63, 3.8) is 0 Å². The summed E-state index contributed by atoms with van der Waals surface area (Å²) in [6.07, 6.45) is 1.82. The van der Waals surface area contributed by atoms with Crippen molar-refractivity contribution < 1.29 is 14.3 Å². The van der Waals surface area contributed by atoms with Gasteiger partial charge in [0.15, 0.2) is 5.65 Å². The van der Waals surface area contributed by atoms with Crippen molar-refractivity contribution in [2.75, 3.05) is 20.8 Å². The number of fused-ring (bicyclic) bond motifs is 1. The molecule has 0 bridgehead atoms. The molecule has 1 aliphatic rings. The van der Waals surface area contributed by atoms with E-state index in [-0.39, 0.29) is 11.9 Å². The molecule has 7 heteroatoms. The zero-order chi connectivity index (χ0) is 20.7. The molecule has 0 N–H and O–H groups in total. The first-order valence-corrected chi connectivity index (χ1v) is 9.78. The number of amides is 1. The molecule has 0 aliphatic carbocycles. The molecule has 1 aromatic carbocycles. The average Bonchev–Trinajstić information content (AvgIpc) is 3.31. The first kappa shape index (κ1) is 19.2. The van der Waals surface area contributed by atoms with Crippen LogP contribution in [0.15, 0.2) is 24.3 Å². The van der Waals surface area contributed by atoms with Gasteiger partial charge in [-0.3, -0.25) is 9.48 Å². The Morgan fingerprint density at radius 1 is 1.17 bits per heavy atom. The molecule has 152 valence electrons. The maximum absolute atomic E-state index is 13.7. The topological polar surface area (TPSA) is 69.5 Å². The van der Waals surface area contributed by atoms with Gasteiger partial charge in [-0.2, -0.15) is 5.10 Å². The van der Waals surface area contributed by atoms with E-state index in [0.29, 0.717) is 12.1 Å². The summed E-state index contributed by atoms with van der Waals surface area (Å²) in [6.45, 7) is 4.53. The van der Waals surface area contributed by atoms with E-state index >= 15 is 0 Å². The Morgan fingerprint density at radius 3 is 2.69 bits per heavy atom. The normalized spacial score (nSPS) is 16.4. The molecule has 1 saturated heterocycles. The number of rotatable bonds is 4. The molecule has 1 fully saturated rings. The van der Waals surface area contributed by atoms with Gasteiger partial charge in [-0.15, -0.1) is 0 Å². The van der Waals surface area contributed by atoms with Crippen molar-refractivity contribution in [1.82, 2.24) is 19.7 Å². The minimum absolute atomic E-state index is 0.00368. The van der Waals surface area contributed by atoms with Gasteiger partial charge in [0.25, 0.3) is 5.91 Å². The minimum Gasteiger partial charge on any atom is -0.497 e. The highest BCUT2D eigenvalue weighted by Crippen LogP contribution is 2.40. The van der Waals surface area contributed by atoms with Crippen LogP contribution >= 0.6 is 0 Å². The second-order valence-corrected chi connectivity index (χ2v) is 7.48. The quantitative estimate of drug-likeness (QED) is 0.676. The highest BCUT2D eigenvalue weighted by molar-refractivity contribution is 6.06. The Morgan fingerprint density at radius 2 is 1.97 bits per heavy atom. The molecule has 1 atom stereocenters. The summed E-state index contributed by atoms with van der Waals surface area (Å²) >= 11 is 0. The Kier molecular flexibility index (Phi) is 4.90. The summed E-state index contributed by atoms with van der Waals surface area (Å²) in [6, 6.07) is 7.55. The Balaban J connectivity index is 1.80. The van der Waals surface area contributed by atoms with Gasteiger partial charge in [0.1, 0.15) is 11.5 Å². The summed E-state index contributed by atoms with van der Waals surface area (Å²) in [5.41, 5.74) is 3.99. The van der Waals surface area contributed by atoms with Crippen molar-refractivity contribution in [3.05, 3.63) is 46.8 Å². The molecule has 29 heavy (non-hydrogen) atoms. The molecule has 2 aromatic heterocycles. The molecule has 1 unspecified atom stereocenters. The van der Waals surface area contributed by atoms with Crippen molar-refractivity contribution in [2.45, 2.75) is 32.7 Å². The summed E-state index contributed by atoms with van der Waals surface area (Å²) in [7, 11) is 5.15. The number of aromatic nitrogens is 3. The van der Waals surface area contributed by atoms with E-state index in [2.05, 4.69) is 10.1 Å². The Labute approximate surface area is 170 Å². The number of carbonyl (C=O) groups excluding carboxylic acids is 1. The van der Waals surface area contributed by atoms with Gasteiger partial charge in [0.2, 0.25) is 0 Å². The number of ether oxygens (including phenoxy) is 2. The molecule has 0 spiro atoms. The smallest absolute Gasteiger partial charge is 0.255 e. The highest BCUT2D eigenvalue weighted by Gasteiger charge is 2.34. The molecule has 3 aromatic rings. The number of carbonyl (C=O) groups is 1. The van der Waals surface area contributed by atoms with E-state index in [4.69, 9.17) is 9.47 Å². The minimum atomic E-state index is -0.0620. The maximum atomic E-state index is 13.7. The van der Waals surface area contributed by atoms with Crippen LogP contribution in [-0.4, -0.2) is 46.3 Å². The lowest BCUT2D eigenvalue weighted by molar-refractivity contribution is 0.0735. The van der Waals surface area contributed by atoms with Gasteiger partial charge in [-0.1, -0.05) is 0 Å². The van der Waals surface area contributed by atoms with Crippen LogP contribution in [0.3, 0.4) is 0 Å². The number of likely N-dealkylation sites (tertiary alicyclic amines) is 1. The SMILES string of the molecule is COc1ccc(OC)c(C2CCCN2C(=O)c2cc(C)nc3c2c(C)nn3C)c1. The number of aryl methyl sites for hydroxylation is 3. The molecular weight excluding hydrogens is 368 g/mol. The number of pyridine rings is 1. The Bertz CT molecular complexity index is 1090. The van der Waals surface area contributed by atoms with E-state index in [1.807, 2.05) is 50.1 Å². The van der Waals surface area contributed by atoms with Crippen LogP contribution in [0.5, 0.6) is 11.5 Å². The third-order valence-electron chi connectivity index (χ3n) is 5.64. The molecular formula is C22H26N4O3. The molecule has 0 saturated carbocycles. The number of methoxy groups -OCH3 is 2. The number of hydrogen-bond acceptors (Lipinski definition) is 5. The predicted molar refractivity (Wildman–Crippen MR) is 111 cm³/mol. The molecule has 7 nitrogen and oxygen atoms in total. The summed E-state index contributed by atoms with van der Waals surface area (Å²) in [5, 5.41) is 5.30. The van der Waals surface area contributed by atoms with Crippen molar-refractivity contribution in [3.8, 4) is 11.5 Å². The van der Waals surface area contributed by atoms with Gasteiger partial charge in [-0.25, -0.2) is 4.98 Å². The van der Waals surface area contributed by atoms with Crippen molar-refractivity contribution in [2.24, 2.45) is 7.05 Å². The third-order valence-corrected chi connectivity index (χ3v) is 5.64. The summed E-state index contributed by atoms with van der Waals surface area (Å²) in [5.74, 6) is 1.53. The molecule has 1 amide bonds. The molecule has 4 rings (SSSR count). The van der Waals surface area contributed by atoms with E-state index in [9.17, 15) is 4.79 Å². The van der Waals surface area contributed by atoms with E-state index in [1.54, 1.807) is 18.9 Å². The lowest BCUT2D eigenvalue weighted by Crippen LogP contribution is -2.31. The monoisotopic (exact) mass is 394 g/mol. The first-order valence-electron chi connectivity index (χ1n) is 9.78. The second-order valence-electron chi connectivity index (χ2n) is 7.48. The standard InChI is InChI=1S/C22H26N4O3/c1-13-11-17(20-14(2)24-25(3)21(20)23-13)22(27)26-10-6-7-18(26)16-12-15(28-4)8-9-19(16)29-5/h8-9,11-12,18H,6-7,10H2,1-5H3. The van der Waals surface area contributed by atoms with Crippen LogP contribution in [0.2, 0.25) is 0 Å². The van der Waals surface area contributed by atoms with Crippen LogP contribution < -0.4 is 9.47 Å². The van der Waals surface area contributed by atoms with Crippen LogP contribution in [-0.2, 0) is 7.05 Å². The fourth-order valence-corrected chi connectivity index (χ4v) is 4.33. The average molecular weight is 394 g/mol. The number of nitrogens with zero attached hydrogens (tertiary/aromatic N) is 4. The van der Waals surface area contributed by atoms with Crippen LogP contribution in [0.4, 0.5) is 0 Å². The van der Waals surface area contributed by atoms with E-state index in [0.717, 1.165) is 52.3 Å². The Hall–Kier alpha value is -3.09. The second kappa shape index (κ2) is 7.39. The zero-order valence-corrected chi connectivity index (χ0v) is 17.5. The predicted octanol–water partition coefficient (Wildman–Crippen LogP) is 3.58. The number of hydrogen-bond donors (Lipinski definition) is 0. The van der Waals surface area contributed by atoms with Crippen LogP contribution in [0.1, 0.15) is 46.2 Å². The lowest BCUT2D eigenvalue weighted by Gasteiger charge is -2.27. The van der Waals surface area contributed by atoms with Gasteiger partial charge < -0.3 is 14.4 Å². The van der Waals surface area contributed by atoms with E-state index < -0.39 is 0 Å². The fraction of sp³-hybridized carbons (Fsp3) is 0.409.